The lowest BCUT2D eigenvalue weighted by atomic mass is 10.0. The number of aromatic nitrogens is 1. The zero-order valence-electron chi connectivity index (χ0n) is 13.1. The van der Waals surface area contributed by atoms with E-state index in [4.69, 9.17) is 16.3 Å². The van der Waals surface area contributed by atoms with Crippen LogP contribution in [0.4, 0.5) is 5.69 Å². The minimum Gasteiger partial charge on any atom is -0.462 e. The van der Waals surface area contributed by atoms with E-state index in [-0.39, 0.29) is 24.1 Å². The van der Waals surface area contributed by atoms with Crippen LogP contribution in [0.5, 0.6) is 0 Å². The van der Waals surface area contributed by atoms with Gasteiger partial charge < -0.3 is 9.64 Å². The van der Waals surface area contributed by atoms with Crippen LogP contribution in [-0.2, 0) is 16.0 Å². The lowest BCUT2D eigenvalue weighted by molar-refractivity contribution is -0.119. The van der Waals surface area contributed by atoms with E-state index in [1.54, 1.807) is 4.90 Å². The molecule has 6 heteroatoms. The van der Waals surface area contributed by atoms with Crippen LogP contribution in [0.25, 0.3) is 0 Å². The van der Waals surface area contributed by atoms with Gasteiger partial charge >= 0.3 is 5.97 Å². The molecule has 0 fully saturated rings. The van der Waals surface area contributed by atoms with Crippen LogP contribution in [0, 0.1) is 0 Å². The van der Waals surface area contributed by atoms with Gasteiger partial charge in [0.1, 0.15) is 11.8 Å². The molecule has 1 amide bonds. The number of carbonyl (C=O) groups is 2. The normalized spacial score (nSPS) is 13.3. The first kappa shape index (κ1) is 16.5. The number of esters is 1. The van der Waals surface area contributed by atoms with Crippen molar-refractivity contribution in [2.45, 2.75) is 19.3 Å². The number of anilines is 1. The van der Waals surface area contributed by atoms with Crippen molar-refractivity contribution >= 4 is 29.2 Å². The van der Waals surface area contributed by atoms with E-state index in [1.807, 2.05) is 24.3 Å². The molecule has 0 saturated carbocycles. The predicted octanol–water partition coefficient (Wildman–Crippen LogP) is 3.26. The summed E-state index contributed by atoms with van der Waals surface area (Å²) in [5, 5.41) is 0.227. The summed E-state index contributed by atoms with van der Waals surface area (Å²) < 4.78 is 5.16. The Morgan fingerprint density at radius 2 is 2.08 bits per heavy atom. The van der Waals surface area contributed by atoms with Crippen LogP contribution >= 0.6 is 11.6 Å². The van der Waals surface area contributed by atoms with Gasteiger partial charge in [-0.05, 0) is 36.6 Å². The fourth-order valence-electron chi connectivity index (χ4n) is 2.77. The average Bonchev–Trinajstić information content (AvgIpc) is 2.61. The van der Waals surface area contributed by atoms with Crippen LogP contribution in [0.1, 0.15) is 28.8 Å². The third-order valence-corrected chi connectivity index (χ3v) is 4.13. The third kappa shape index (κ3) is 3.74. The van der Waals surface area contributed by atoms with Crippen molar-refractivity contribution in [3.63, 3.8) is 0 Å². The predicted molar refractivity (Wildman–Crippen MR) is 91.3 cm³/mol. The molecular formula is C18H17ClN2O3. The van der Waals surface area contributed by atoms with E-state index in [0.29, 0.717) is 12.1 Å². The number of benzene rings is 1. The summed E-state index contributed by atoms with van der Waals surface area (Å²) in [5.74, 6) is -0.547. The Morgan fingerprint density at radius 3 is 2.92 bits per heavy atom. The number of hydrogen-bond acceptors (Lipinski definition) is 4. The molecule has 0 bridgehead atoms. The standard InChI is InChI=1S/C18H17ClN2O3/c19-16-12-14(7-9-20-16)18(23)24-11-8-17(22)21-10-3-5-13-4-1-2-6-15(13)21/h1-2,4,6-7,9,12H,3,5,8,10-11H2. The highest BCUT2D eigenvalue weighted by molar-refractivity contribution is 6.29. The van der Waals surface area contributed by atoms with Crippen LogP contribution in [0.15, 0.2) is 42.6 Å². The topological polar surface area (TPSA) is 59.5 Å². The fourth-order valence-corrected chi connectivity index (χ4v) is 2.95. The van der Waals surface area contributed by atoms with E-state index in [2.05, 4.69) is 4.98 Å². The van der Waals surface area contributed by atoms with Gasteiger partial charge in [0, 0.05) is 18.4 Å². The van der Waals surface area contributed by atoms with E-state index in [1.165, 1.54) is 23.9 Å². The lowest BCUT2D eigenvalue weighted by Crippen LogP contribution is -2.36. The van der Waals surface area contributed by atoms with Crippen LogP contribution < -0.4 is 4.90 Å². The molecule has 1 aromatic carbocycles. The van der Waals surface area contributed by atoms with Crippen molar-refractivity contribution in [1.82, 2.24) is 4.98 Å². The molecule has 1 aliphatic heterocycles. The number of nitrogens with zero attached hydrogens (tertiary/aromatic N) is 2. The van der Waals surface area contributed by atoms with E-state index in [0.717, 1.165) is 18.5 Å². The van der Waals surface area contributed by atoms with Gasteiger partial charge in [-0.3, -0.25) is 4.79 Å². The second kappa shape index (κ2) is 7.45. The molecule has 2 aromatic rings. The van der Waals surface area contributed by atoms with Crippen LogP contribution in [0.3, 0.4) is 0 Å². The molecule has 24 heavy (non-hydrogen) atoms. The van der Waals surface area contributed by atoms with Gasteiger partial charge in [-0.25, -0.2) is 9.78 Å². The van der Waals surface area contributed by atoms with Crippen LogP contribution in [-0.4, -0.2) is 30.0 Å². The smallest absolute Gasteiger partial charge is 0.338 e. The van der Waals surface area contributed by atoms with Gasteiger partial charge in [0.05, 0.1) is 12.0 Å². The Labute approximate surface area is 145 Å². The Balaban J connectivity index is 1.56. The maximum Gasteiger partial charge on any atom is 0.338 e. The summed E-state index contributed by atoms with van der Waals surface area (Å²) in [6, 6.07) is 10.9. The molecule has 5 nitrogen and oxygen atoms in total. The molecule has 124 valence electrons. The summed E-state index contributed by atoms with van der Waals surface area (Å²) >= 11 is 5.74. The molecule has 0 atom stereocenters. The second-order valence-electron chi connectivity index (χ2n) is 5.53. The highest BCUT2D eigenvalue weighted by atomic mass is 35.5. The summed E-state index contributed by atoms with van der Waals surface area (Å²) in [6.07, 6.45) is 3.52. The number of para-hydroxylation sites is 1. The van der Waals surface area contributed by atoms with Gasteiger partial charge in [0.15, 0.2) is 0 Å². The first-order chi connectivity index (χ1) is 11.6. The van der Waals surface area contributed by atoms with Crippen molar-refractivity contribution in [1.29, 1.82) is 0 Å². The molecule has 3 rings (SSSR count). The molecule has 0 spiro atoms. The molecule has 2 heterocycles. The highest BCUT2D eigenvalue weighted by Crippen LogP contribution is 2.27. The van der Waals surface area contributed by atoms with E-state index in [9.17, 15) is 9.59 Å². The quantitative estimate of drug-likeness (QED) is 0.631. The zero-order chi connectivity index (χ0) is 16.9. The number of fused-ring (bicyclic) bond motifs is 1. The largest absolute Gasteiger partial charge is 0.462 e. The van der Waals surface area contributed by atoms with Gasteiger partial charge in [0.25, 0.3) is 0 Å². The van der Waals surface area contributed by atoms with Gasteiger partial charge in [-0.15, -0.1) is 0 Å². The third-order valence-electron chi connectivity index (χ3n) is 3.92. The molecular weight excluding hydrogens is 328 g/mol. The molecule has 1 aromatic heterocycles. The van der Waals surface area contributed by atoms with E-state index >= 15 is 0 Å². The van der Waals surface area contributed by atoms with Crippen molar-refractivity contribution < 1.29 is 14.3 Å². The van der Waals surface area contributed by atoms with Crippen molar-refractivity contribution in [3.8, 4) is 0 Å². The number of aryl methyl sites for hydroxylation is 1. The average molecular weight is 345 g/mol. The number of pyridine rings is 1. The monoisotopic (exact) mass is 344 g/mol. The summed E-state index contributed by atoms with van der Waals surface area (Å²) in [5.41, 5.74) is 2.47. The fraction of sp³-hybridized carbons (Fsp3) is 0.278. The molecule has 1 aliphatic rings. The lowest BCUT2D eigenvalue weighted by Gasteiger charge is -2.29. The molecule has 0 radical (unpaired) electrons. The number of carbonyl (C=O) groups excluding carboxylic acids is 2. The Bertz CT molecular complexity index is 763. The molecule has 0 aliphatic carbocycles. The van der Waals surface area contributed by atoms with E-state index < -0.39 is 5.97 Å². The molecule has 0 N–H and O–H groups in total. The Morgan fingerprint density at radius 1 is 1.25 bits per heavy atom. The SMILES string of the molecule is O=C(OCCC(=O)N1CCCc2ccccc21)c1ccnc(Cl)c1. The van der Waals surface area contributed by atoms with Gasteiger partial charge in [0.2, 0.25) is 5.91 Å². The maximum atomic E-state index is 12.4. The van der Waals surface area contributed by atoms with Gasteiger partial charge in [-0.2, -0.15) is 0 Å². The maximum absolute atomic E-state index is 12.4. The minimum atomic E-state index is -0.508. The summed E-state index contributed by atoms with van der Waals surface area (Å²) in [6.45, 7) is 0.736. The van der Waals surface area contributed by atoms with Crippen molar-refractivity contribution in [3.05, 3.63) is 58.9 Å². The number of halogens is 1. The second-order valence-corrected chi connectivity index (χ2v) is 5.92. The zero-order valence-corrected chi connectivity index (χ0v) is 13.8. The summed E-state index contributed by atoms with van der Waals surface area (Å²) in [7, 11) is 0. The number of ether oxygens (including phenoxy) is 1. The molecule has 0 saturated heterocycles. The Hall–Kier alpha value is -2.40. The van der Waals surface area contributed by atoms with Crippen molar-refractivity contribution in [2.24, 2.45) is 0 Å². The Kier molecular flexibility index (Phi) is 5.11. The molecule has 0 unspecified atom stereocenters. The highest BCUT2D eigenvalue weighted by Gasteiger charge is 2.22. The van der Waals surface area contributed by atoms with Crippen molar-refractivity contribution in [2.75, 3.05) is 18.1 Å². The van der Waals surface area contributed by atoms with Gasteiger partial charge in [-0.1, -0.05) is 29.8 Å². The number of amides is 1. The first-order valence-corrected chi connectivity index (χ1v) is 8.20. The number of hydrogen-bond donors (Lipinski definition) is 0. The minimum absolute atomic E-state index is 0.0380. The van der Waals surface area contributed by atoms with Crippen LogP contribution in [0.2, 0.25) is 5.15 Å². The first-order valence-electron chi connectivity index (χ1n) is 7.82. The summed E-state index contributed by atoms with van der Waals surface area (Å²) in [4.78, 5) is 29.9. The number of rotatable bonds is 4.